The van der Waals surface area contributed by atoms with E-state index in [9.17, 15) is 9.18 Å². The summed E-state index contributed by atoms with van der Waals surface area (Å²) in [5.41, 5.74) is 0.588. The molecule has 0 spiro atoms. The van der Waals surface area contributed by atoms with E-state index < -0.39 is 5.82 Å². The van der Waals surface area contributed by atoms with Crippen molar-refractivity contribution in [1.82, 2.24) is 4.90 Å². The number of hydrogen-bond donors (Lipinski definition) is 0. The van der Waals surface area contributed by atoms with E-state index in [0.29, 0.717) is 18.7 Å². The van der Waals surface area contributed by atoms with E-state index in [2.05, 4.69) is 0 Å². The molecule has 1 amide bonds. The van der Waals surface area contributed by atoms with Crippen molar-refractivity contribution in [3.8, 4) is 0 Å². The number of carbonyl (C=O) groups is 1. The maximum absolute atomic E-state index is 13.7. The number of likely N-dealkylation sites (N-methyl/N-ethyl adjacent to an activating group) is 1. The van der Waals surface area contributed by atoms with Crippen LogP contribution in [0.15, 0.2) is 18.2 Å². The van der Waals surface area contributed by atoms with Crippen molar-refractivity contribution < 1.29 is 13.9 Å². The Labute approximate surface area is 94.8 Å². The number of aryl methyl sites for hydroxylation is 1. The van der Waals surface area contributed by atoms with Gasteiger partial charge in [0.2, 0.25) is 0 Å². The highest BCUT2D eigenvalue weighted by Crippen LogP contribution is 2.13. The molecule has 0 aromatic heterocycles. The highest BCUT2D eigenvalue weighted by molar-refractivity contribution is 5.94. The minimum Gasteiger partial charge on any atom is -0.383 e. The van der Waals surface area contributed by atoms with Crippen LogP contribution in [0.5, 0.6) is 0 Å². The number of benzene rings is 1. The molecule has 4 heteroatoms. The maximum Gasteiger partial charge on any atom is 0.256 e. The number of halogens is 1. The Balaban J connectivity index is 2.84. The second kappa shape index (κ2) is 5.61. The fourth-order valence-electron chi connectivity index (χ4n) is 1.35. The minimum absolute atomic E-state index is 0.110. The van der Waals surface area contributed by atoms with Crippen molar-refractivity contribution in [2.45, 2.75) is 6.92 Å². The molecule has 88 valence electrons. The van der Waals surface area contributed by atoms with Crippen molar-refractivity contribution in [1.29, 1.82) is 0 Å². The molecule has 1 aromatic carbocycles. The van der Waals surface area contributed by atoms with Crippen molar-refractivity contribution >= 4 is 5.91 Å². The molecule has 0 aliphatic rings. The summed E-state index contributed by atoms with van der Waals surface area (Å²) in [6.07, 6.45) is 0. The average Bonchev–Trinajstić information content (AvgIpc) is 2.28. The lowest BCUT2D eigenvalue weighted by atomic mass is 10.1. The number of amides is 1. The zero-order valence-corrected chi connectivity index (χ0v) is 9.79. The van der Waals surface area contributed by atoms with Gasteiger partial charge in [-0.05, 0) is 18.6 Å². The first-order chi connectivity index (χ1) is 7.57. The molecule has 0 bridgehead atoms. The third-order valence-corrected chi connectivity index (χ3v) is 2.40. The zero-order valence-electron chi connectivity index (χ0n) is 9.79. The summed E-state index contributed by atoms with van der Waals surface area (Å²) >= 11 is 0. The molecule has 0 unspecified atom stereocenters. The summed E-state index contributed by atoms with van der Waals surface area (Å²) in [4.78, 5) is 13.3. The van der Waals surface area contributed by atoms with Crippen LogP contribution in [0.3, 0.4) is 0 Å². The molecule has 16 heavy (non-hydrogen) atoms. The quantitative estimate of drug-likeness (QED) is 0.782. The summed E-state index contributed by atoms with van der Waals surface area (Å²) in [5, 5.41) is 0. The standard InChI is InChI=1S/C12H16FNO2/c1-9-5-4-6-10(11(9)13)12(15)14(2)7-8-16-3/h4-6H,7-8H2,1-3H3. The summed E-state index contributed by atoms with van der Waals surface area (Å²) in [6, 6.07) is 4.81. The molecule has 1 rings (SSSR count). The van der Waals surface area contributed by atoms with Gasteiger partial charge in [0.05, 0.1) is 12.2 Å². The third kappa shape index (κ3) is 2.79. The van der Waals surface area contributed by atoms with Gasteiger partial charge >= 0.3 is 0 Å². The van der Waals surface area contributed by atoms with Crippen LogP contribution in [-0.4, -0.2) is 38.1 Å². The van der Waals surface area contributed by atoms with Crippen LogP contribution in [0.1, 0.15) is 15.9 Å². The highest BCUT2D eigenvalue weighted by Gasteiger charge is 2.16. The van der Waals surface area contributed by atoms with E-state index in [0.717, 1.165) is 0 Å². The second-order valence-electron chi connectivity index (χ2n) is 3.66. The fraction of sp³-hybridized carbons (Fsp3) is 0.417. The lowest BCUT2D eigenvalue weighted by molar-refractivity contribution is 0.0739. The lowest BCUT2D eigenvalue weighted by Crippen LogP contribution is -2.30. The first-order valence-electron chi connectivity index (χ1n) is 5.07. The van der Waals surface area contributed by atoms with Crippen molar-refractivity contribution in [3.63, 3.8) is 0 Å². The molecule has 0 saturated heterocycles. The van der Waals surface area contributed by atoms with Gasteiger partial charge < -0.3 is 9.64 Å². The Hall–Kier alpha value is -1.42. The predicted octanol–water partition coefficient (Wildman–Crippen LogP) is 1.85. The van der Waals surface area contributed by atoms with Crippen molar-refractivity contribution in [3.05, 3.63) is 35.1 Å². The van der Waals surface area contributed by atoms with Crippen LogP contribution in [0, 0.1) is 12.7 Å². The van der Waals surface area contributed by atoms with Gasteiger partial charge in [-0.1, -0.05) is 12.1 Å². The summed E-state index contributed by atoms with van der Waals surface area (Å²) in [6.45, 7) is 2.53. The van der Waals surface area contributed by atoms with E-state index in [1.807, 2.05) is 0 Å². The minimum atomic E-state index is -0.447. The van der Waals surface area contributed by atoms with Crippen molar-refractivity contribution in [2.24, 2.45) is 0 Å². The molecule has 0 aliphatic carbocycles. The van der Waals surface area contributed by atoms with Crippen LogP contribution in [0.2, 0.25) is 0 Å². The number of nitrogens with zero attached hydrogens (tertiary/aromatic N) is 1. The molecule has 0 aliphatic heterocycles. The fourth-order valence-corrected chi connectivity index (χ4v) is 1.35. The Bertz CT molecular complexity index is 379. The number of hydrogen-bond acceptors (Lipinski definition) is 2. The molecule has 3 nitrogen and oxygen atoms in total. The Morgan fingerprint density at radius 3 is 2.81 bits per heavy atom. The topological polar surface area (TPSA) is 29.5 Å². The van der Waals surface area contributed by atoms with E-state index in [1.54, 1.807) is 33.2 Å². The number of methoxy groups -OCH3 is 1. The second-order valence-corrected chi connectivity index (χ2v) is 3.66. The maximum atomic E-state index is 13.7. The van der Waals surface area contributed by atoms with Crippen LogP contribution in [-0.2, 0) is 4.74 Å². The predicted molar refractivity (Wildman–Crippen MR) is 60.0 cm³/mol. The largest absolute Gasteiger partial charge is 0.383 e. The molecule has 0 fully saturated rings. The van der Waals surface area contributed by atoms with Gasteiger partial charge in [-0.15, -0.1) is 0 Å². The SMILES string of the molecule is COCCN(C)C(=O)c1cccc(C)c1F. The normalized spacial score (nSPS) is 10.2. The summed E-state index contributed by atoms with van der Waals surface area (Å²) < 4.78 is 18.5. The van der Waals surface area contributed by atoms with Gasteiger partial charge in [-0.3, -0.25) is 4.79 Å². The smallest absolute Gasteiger partial charge is 0.256 e. The van der Waals surface area contributed by atoms with E-state index in [4.69, 9.17) is 4.74 Å². The van der Waals surface area contributed by atoms with Crippen LogP contribution in [0.4, 0.5) is 4.39 Å². The molecule has 1 aromatic rings. The van der Waals surface area contributed by atoms with Gasteiger partial charge in [0.25, 0.3) is 5.91 Å². The molecule has 0 radical (unpaired) electrons. The Morgan fingerprint density at radius 2 is 2.19 bits per heavy atom. The van der Waals surface area contributed by atoms with Gasteiger partial charge in [0.1, 0.15) is 5.82 Å². The summed E-state index contributed by atoms with van der Waals surface area (Å²) in [7, 11) is 3.19. The van der Waals surface area contributed by atoms with E-state index in [-0.39, 0.29) is 11.5 Å². The van der Waals surface area contributed by atoms with Crippen LogP contribution < -0.4 is 0 Å². The number of carbonyl (C=O) groups excluding carboxylic acids is 1. The Morgan fingerprint density at radius 1 is 1.50 bits per heavy atom. The average molecular weight is 225 g/mol. The van der Waals surface area contributed by atoms with Gasteiger partial charge in [-0.2, -0.15) is 0 Å². The van der Waals surface area contributed by atoms with E-state index >= 15 is 0 Å². The molecule has 0 heterocycles. The van der Waals surface area contributed by atoms with Crippen molar-refractivity contribution in [2.75, 3.05) is 27.3 Å². The molecule has 0 atom stereocenters. The first kappa shape index (κ1) is 12.6. The molecular formula is C12H16FNO2. The van der Waals surface area contributed by atoms with Gasteiger partial charge in [-0.25, -0.2) is 4.39 Å². The highest BCUT2D eigenvalue weighted by atomic mass is 19.1. The van der Waals surface area contributed by atoms with Gasteiger partial charge in [0.15, 0.2) is 0 Å². The number of rotatable bonds is 4. The zero-order chi connectivity index (χ0) is 12.1. The monoisotopic (exact) mass is 225 g/mol. The van der Waals surface area contributed by atoms with Crippen LogP contribution >= 0.6 is 0 Å². The first-order valence-corrected chi connectivity index (χ1v) is 5.07. The third-order valence-electron chi connectivity index (χ3n) is 2.40. The molecule has 0 N–H and O–H groups in total. The number of ether oxygens (including phenoxy) is 1. The lowest BCUT2D eigenvalue weighted by Gasteiger charge is -2.17. The Kier molecular flexibility index (Phi) is 4.43. The molecular weight excluding hydrogens is 209 g/mol. The van der Waals surface area contributed by atoms with Crippen LogP contribution in [0.25, 0.3) is 0 Å². The van der Waals surface area contributed by atoms with E-state index in [1.165, 1.54) is 11.0 Å². The molecule has 0 saturated carbocycles. The summed E-state index contributed by atoms with van der Waals surface area (Å²) in [5.74, 6) is -0.769. The van der Waals surface area contributed by atoms with Gasteiger partial charge in [0, 0.05) is 20.7 Å².